The summed E-state index contributed by atoms with van der Waals surface area (Å²) in [4.78, 5) is 11.0. The second kappa shape index (κ2) is 5.75. The van der Waals surface area contributed by atoms with E-state index in [-0.39, 0.29) is 10.7 Å². The van der Waals surface area contributed by atoms with Gasteiger partial charge in [0.1, 0.15) is 5.56 Å². The van der Waals surface area contributed by atoms with Crippen LogP contribution in [0.2, 0.25) is 5.15 Å². The molecule has 0 saturated carbocycles. The zero-order valence-electron chi connectivity index (χ0n) is 10.8. The van der Waals surface area contributed by atoms with Gasteiger partial charge in [0.2, 0.25) is 0 Å². The van der Waals surface area contributed by atoms with Crippen LogP contribution >= 0.6 is 11.6 Å². The molecular formula is C13H11ClN2O4. The third-order valence-corrected chi connectivity index (χ3v) is 2.94. The zero-order chi connectivity index (χ0) is 14.7. The van der Waals surface area contributed by atoms with Crippen molar-refractivity contribution in [1.82, 2.24) is 10.2 Å². The average Bonchev–Trinajstić information content (AvgIpc) is 2.46. The minimum atomic E-state index is -1.16. The number of rotatable bonds is 4. The Morgan fingerprint density at radius 3 is 2.45 bits per heavy atom. The number of aromatic nitrogens is 2. The fourth-order valence-electron chi connectivity index (χ4n) is 1.66. The Balaban J connectivity index is 2.51. The molecule has 104 valence electrons. The lowest BCUT2D eigenvalue weighted by Gasteiger charge is -2.09. The summed E-state index contributed by atoms with van der Waals surface area (Å²) >= 11 is 5.69. The third kappa shape index (κ3) is 2.65. The summed E-state index contributed by atoms with van der Waals surface area (Å²) in [5.74, 6) is -0.0816. The Kier molecular flexibility index (Phi) is 4.05. The maximum Gasteiger partial charge on any atom is 0.338 e. The number of ether oxygens (including phenoxy) is 2. The molecule has 0 aliphatic heterocycles. The highest BCUT2D eigenvalue weighted by Crippen LogP contribution is 2.32. The van der Waals surface area contributed by atoms with Gasteiger partial charge in [0, 0.05) is 5.56 Å². The van der Waals surface area contributed by atoms with E-state index in [0.717, 1.165) is 0 Å². The second-order valence-electron chi connectivity index (χ2n) is 3.81. The van der Waals surface area contributed by atoms with E-state index in [4.69, 9.17) is 26.2 Å². The van der Waals surface area contributed by atoms with Gasteiger partial charge in [-0.25, -0.2) is 4.79 Å². The van der Waals surface area contributed by atoms with Gasteiger partial charge in [0.15, 0.2) is 16.7 Å². The summed E-state index contributed by atoms with van der Waals surface area (Å²) < 4.78 is 10.3. The second-order valence-corrected chi connectivity index (χ2v) is 4.17. The van der Waals surface area contributed by atoms with Crippen molar-refractivity contribution in [2.24, 2.45) is 0 Å². The van der Waals surface area contributed by atoms with Crippen molar-refractivity contribution in [2.75, 3.05) is 14.2 Å². The molecule has 1 heterocycles. The number of hydrogen-bond donors (Lipinski definition) is 1. The minimum Gasteiger partial charge on any atom is -0.493 e. The van der Waals surface area contributed by atoms with Crippen LogP contribution in [0.1, 0.15) is 10.4 Å². The number of aromatic carboxylic acids is 1. The molecule has 0 bridgehead atoms. The lowest BCUT2D eigenvalue weighted by Crippen LogP contribution is -2.02. The quantitative estimate of drug-likeness (QED) is 0.933. The smallest absolute Gasteiger partial charge is 0.338 e. The van der Waals surface area contributed by atoms with Gasteiger partial charge < -0.3 is 14.6 Å². The van der Waals surface area contributed by atoms with Gasteiger partial charge in [-0.3, -0.25) is 0 Å². The van der Waals surface area contributed by atoms with Crippen LogP contribution in [0.5, 0.6) is 11.5 Å². The third-order valence-electron chi connectivity index (χ3n) is 2.66. The first-order valence-electron chi connectivity index (χ1n) is 5.55. The molecule has 20 heavy (non-hydrogen) atoms. The Morgan fingerprint density at radius 2 is 1.85 bits per heavy atom. The van der Waals surface area contributed by atoms with Gasteiger partial charge in [0.05, 0.1) is 19.9 Å². The van der Waals surface area contributed by atoms with Crippen molar-refractivity contribution in [3.05, 3.63) is 35.0 Å². The van der Waals surface area contributed by atoms with Crippen LogP contribution < -0.4 is 9.47 Å². The first-order chi connectivity index (χ1) is 9.56. The van der Waals surface area contributed by atoms with E-state index >= 15 is 0 Å². The van der Waals surface area contributed by atoms with Crippen LogP contribution in [0.4, 0.5) is 0 Å². The van der Waals surface area contributed by atoms with Crippen LogP contribution in [0.25, 0.3) is 11.3 Å². The van der Waals surface area contributed by atoms with Gasteiger partial charge in [-0.1, -0.05) is 11.6 Å². The number of carbonyl (C=O) groups is 1. The number of halogens is 1. The lowest BCUT2D eigenvalue weighted by molar-refractivity contribution is 0.0696. The maximum absolute atomic E-state index is 11.0. The number of benzene rings is 1. The van der Waals surface area contributed by atoms with Crippen LogP contribution in [0.15, 0.2) is 24.3 Å². The van der Waals surface area contributed by atoms with Crippen LogP contribution in [-0.4, -0.2) is 35.5 Å². The largest absolute Gasteiger partial charge is 0.493 e. The summed E-state index contributed by atoms with van der Waals surface area (Å²) in [7, 11) is 3.04. The molecule has 0 aliphatic carbocycles. The van der Waals surface area contributed by atoms with Crippen molar-refractivity contribution in [3.8, 4) is 22.8 Å². The highest BCUT2D eigenvalue weighted by molar-refractivity contribution is 6.32. The predicted octanol–water partition coefficient (Wildman–Crippen LogP) is 2.51. The van der Waals surface area contributed by atoms with Crippen molar-refractivity contribution in [3.63, 3.8) is 0 Å². The van der Waals surface area contributed by atoms with E-state index in [9.17, 15) is 4.79 Å². The number of carboxylic acids is 1. The molecule has 0 unspecified atom stereocenters. The van der Waals surface area contributed by atoms with Crippen LogP contribution in [0.3, 0.4) is 0 Å². The van der Waals surface area contributed by atoms with Crippen molar-refractivity contribution >= 4 is 17.6 Å². The lowest BCUT2D eigenvalue weighted by atomic mass is 10.1. The van der Waals surface area contributed by atoms with E-state index in [2.05, 4.69) is 10.2 Å². The number of methoxy groups -OCH3 is 2. The van der Waals surface area contributed by atoms with Crippen LogP contribution in [-0.2, 0) is 0 Å². The molecule has 1 N–H and O–H groups in total. The molecule has 0 atom stereocenters. The fraction of sp³-hybridized carbons (Fsp3) is 0.154. The molecule has 0 aliphatic rings. The normalized spacial score (nSPS) is 10.2. The van der Waals surface area contributed by atoms with Gasteiger partial charge in [-0.15, -0.1) is 10.2 Å². The fourth-order valence-corrected chi connectivity index (χ4v) is 1.84. The molecular weight excluding hydrogens is 284 g/mol. The molecule has 0 amide bonds. The molecule has 0 radical (unpaired) electrons. The summed E-state index contributed by atoms with van der Waals surface area (Å²) in [6.45, 7) is 0. The van der Waals surface area contributed by atoms with Gasteiger partial charge in [-0.05, 0) is 24.3 Å². The van der Waals surface area contributed by atoms with Gasteiger partial charge >= 0.3 is 5.97 Å². The molecule has 0 saturated heterocycles. The Hall–Kier alpha value is -2.34. The molecule has 7 heteroatoms. The molecule has 1 aromatic carbocycles. The first-order valence-corrected chi connectivity index (χ1v) is 5.93. The minimum absolute atomic E-state index is 0.105. The highest BCUT2D eigenvalue weighted by atomic mass is 35.5. The highest BCUT2D eigenvalue weighted by Gasteiger charge is 2.14. The molecule has 0 fully saturated rings. The number of carboxylic acid groups (broad SMARTS) is 1. The predicted molar refractivity (Wildman–Crippen MR) is 72.5 cm³/mol. The van der Waals surface area contributed by atoms with E-state index in [1.807, 2.05) is 0 Å². The van der Waals surface area contributed by atoms with E-state index in [0.29, 0.717) is 22.8 Å². The van der Waals surface area contributed by atoms with Gasteiger partial charge in [-0.2, -0.15) is 0 Å². The Bertz CT molecular complexity index is 661. The van der Waals surface area contributed by atoms with Crippen LogP contribution in [0, 0.1) is 0 Å². The number of hydrogen-bond acceptors (Lipinski definition) is 5. The molecule has 1 aromatic heterocycles. The Morgan fingerprint density at radius 1 is 1.15 bits per heavy atom. The average molecular weight is 295 g/mol. The van der Waals surface area contributed by atoms with Crippen molar-refractivity contribution < 1.29 is 19.4 Å². The van der Waals surface area contributed by atoms with Crippen molar-refractivity contribution in [1.29, 1.82) is 0 Å². The Labute approximate surface area is 119 Å². The van der Waals surface area contributed by atoms with E-state index in [1.54, 1.807) is 18.2 Å². The number of nitrogens with zero attached hydrogens (tertiary/aromatic N) is 2. The zero-order valence-corrected chi connectivity index (χ0v) is 11.5. The summed E-state index contributed by atoms with van der Waals surface area (Å²) in [5, 5.41) is 16.4. The molecule has 6 nitrogen and oxygen atoms in total. The maximum atomic E-state index is 11.0. The summed E-state index contributed by atoms with van der Waals surface area (Å²) in [6.07, 6.45) is 0. The van der Waals surface area contributed by atoms with E-state index < -0.39 is 5.97 Å². The molecule has 0 spiro atoms. The van der Waals surface area contributed by atoms with E-state index in [1.165, 1.54) is 20.3 Å². The summed E-state index contributed by atoms with van der Waals surface area (Å²) in [6, 6.07) is 6.47. The summed E-state index contributed by atoms with van der Waals surface area (Å²) in [5.41, 5.74) is 0.925. The SMILES string of the molecule is COc1ccc(-c2cc(C(=O)O)c(Cl)nn2)cc1OC. The monoisotopic (exact) mass is 294 g/mol. The van der Waals surface area contributed by atoms with Gasteiger partial charge in [0.25, 0.3) is 0 Å². The molecule has 2 aromatic rings. The first kappa shape index (κ1) is 14.1. The standard InChI is InChI=1S/C13H11ClN2O4/c1-19-10-4-3-7(5-11(10)20-2)9-6-8(13(17)18)12(14)16-15-9/h3-6H,1-2H3,(H,17,18). The molecule has 2 rings (SSSR count). The van der Waals surface area contributed by atoms with Crippen molar-refractivity contribution in [2.45, 2.75) is 0 Å². The topological polar surface area (TPSA) is 81.5 Å².